The number of hydrogen-bond donors (Lipinski definition) is 0. The molecule has 0 aromatic carbocycles. The van der Waals surface area contributed by atoms with Crippen molar-refractivity contribution in [2.45, 2.75) is 34.1 Å². The van der Waals surface area contributed by atoms with Gasteiger partial charge in [-0.05, 0) is 11.8 Å². The first kappa shape index (κ1) is 9.48. The summed E-state index contributed by atoms with van der Waals surface area (Å²) in [6, 6.07) is 0. The van der Waals surface area contributed by atoms with E-state index in [0.29, 0.717) is 5.41 Å². The molecule has 0 aliphatic heterocycles. The summed E-state index contributed by atoms with van der Waals surface area (Å²) in [5, 5.41) is 0. The normalized spacial score (nSPS) is 13.6. The van der Waals surface area contributed by atoms with Gasteiger partial charge in [-0.15, -0.1) is 0 Å². The van der Waals surface area contributed by atoms with Crippen LogP contribution in [-0.4, -0.2) is 0 Å². The molecule has 0 aliphatic rings. The molecule has 0 rings (SSSR count). The Kier molecular flexibility index (Phi) is 4.10. The molecular formula is C10H18. The van der Waals surface area contributed by atoms with Crippen molar-refractivity contribution in [2.24, 2.45) is 5.41 Å². The van der Waals surface area contributed by atoms with Gasteiger partial charge in [0.05, 0.1) is 0 Å². The molecular weight excluding hydrogens is 120 g/mol. The van der Waals surface area contributed by atoms with Crippen molar-refractivity contribution in [3.05, 3.63) is 24.3 Å². The van der Waals surface area contributed by atoms with Gasteiger partial charge < -0.3 is 0 Å². The van der Waals surface area contributed by atoms with Crippen LogP contribution < -0.4 is 0 Å². The highest BCUT2D eigenvalue weighted by Gasteiger charge is 2.01. The third kappa shape index (κ3) is 7.48. The van der Waals surface area contributed by atoms with Crippen LogP contribution in [0.4, 0.5) is 0 Å². The van der Waals surface area contributed by atoms with Crippen molar-refractivity contribution in [1.82, 2.24) is 0 Å². The summed E-state index contributed by atoms with van der Waals surface area (Å²) >= 11 is 0. The summed E-state index contributed by atoms with van der Waals surface area (Å²) in [5.41, 5.74) is 0.318. The summed E-state index contributed by atoms with van der Waals surface area (Å²) in [4.78, 5) is 0. The molecule has 0 heterocycles. The van der Waals surface area contributed by atoms with E-state index in [1.165, 1.54) is 0 Å². The van der Waals surface area contributed by atoms with E-state index in [-0.39, 0.29) is 0 Å². The molecule has 0 spiro atoms. The minimum Gasteiger partial charge on any atom is -0.0848 e. The van der Waals surface area contributed by atoms with Gasteiger partial charge in [-0.1, -0.05) is 52.0 Å². The van der Waals surface area contributed by atoms with Crippen molar-refractivity contribution in [1.29, 1.82) is 0 Å². The van der Waals surface area contributed by atoms with Crippen LogP contribution in [0.1, 0.15) is 34.1 Å². The fraction of sp³-hybridized carbons (Fsp3) is 0.600. The van der Waals surface area contributed by atoms with Gasteiger partial charge in [0.25, 0.3) is 0 Å². The first-order chi connectivity index (χ1) is 4.56. The van der Waals surface area contributed by atoms with E-state index >= 15 is 0 Å². The number of hydrogen-bond acceptors (Lipinski definition) is 0. The van der Waals surface area contributed by atoms with Crippen molar-refractivity contribution in [2.75, 3.05) is 0 Å². The van der Waals surface area contributed by atoms with Crippen molar-refractivity contribution < 1.29 is 0 Å². The van der Waals surface area contributed by atoms with Gasteiger partial charge in [-0.3, -0.25) is 0 Å². The van der Waals surface area contributed by atoms with Crippen LogP contribution in [0.5, 0.6) is 0 Å². The minimum atomic E-state index is 0.318. The van der Waals surface area contributed by atoms with Crippen LogP contribution >= 0.6 is 0 Å². The molecule has 0 aromatic heterocycles. The summed E-state index contributed by atoms with van der Waals surface area (Å²) in [5.74, 6) is 0. The second-order valence-electron chi connectivity index (χ2n) is 3.56. The maximum atomic E-state index is 2.21. The molecule has 0 nitrogen and oxygen atoms in total. The van der Waals surface area contributed by atoms with Gasteiger partial charge >= 0.3 is 0 Å². The monoisotopic (exact) mass is 138 g/mol. The predicted molar refractivity (Wildman–Crippen MR) is 48.0 cm³/mol. The van der Waals surface area contributed by atoms with E-state index in [4.69, 9.17) is 0 Å². The quantitative estimate of drug-likeness (QED) is 0.512. The van der Waals surface area contributed by atoms with Crippen molar-refractivity contribution in [3.8, 4) is 0 Å². The summed E-state index contributed by atoms with van der Waals surface area (Å²) in [7, 11) is 0. The highest BCUT2D eigenvalue weighted by atomic mass is 14.1. The van der Waals surface area contributed by atoms with E-state index in [1.54, 1.807) is 0 Å². The van der Waals surface area contributed by atoms with E-state index in [0.717, 1.165) is 6.42 Å². The van der Waals surface area contributed by atoms with Crippen molar-refractivity contribution >= 4 is 0 Å². The average molecular weight is 138 g/mol. The molecule has 0 saturated heterocycles. The van der Waals surface area contributed by atoms with Gasteiger partial charge in [0.1, 0.15) is 0 Å². The predicted octanol–water partition coefficient (Wildman–Crippen LogP) is 3.55. The Labute approximate surface area is 64.6 Å². The van der Waals surface area contributed by atoms with Gasteiger partial charge in [-0.25, -0.2) is 0 Å². The zero-order chi connectivity index (χ0) is 8.04. The lowest BCUT2D eigenvalue weighted by molar-refractivity contribution is 0.544. The Morgan fingerprint density at radius 2 is 1.70 bits per heavy atom. The molecule has 0 N–H and O–H groups in total. The molecule has 0 aliphatic carbocycles. The van der Waals surface area contributed by atoms with E-state index < -0.39 is 0 Å². The zero-order valence-corrected chi connectivity index (χ0v) is 7.52. The molecule has 58 valence electrons. The highest BCUT2D eigenvalue weighted by molar-refractivity contribution is 5.05. The first-order valence-corrected chi connectivity index (χ1v) is 3.90. The summed E-state index contributed by atoms with van der Waals surface area (Å²) in [6.45, 7) is 8.73. The second-order valence-corrected chi connectivity index (χ2v) is 3.56. The van der Waals surface area contributed by atoms with E-state index in [9.17, 15) is 0 Å². The molecule has 0 atom stereocenters. The fourth-order valence-electron chi connectivity index (χ4n) is 0.559. The van der Waals surface area contributed by atoms with Crippen LogP contribution in [-0.2, 0) is 0 Å². The van der Waals surface area contributed by atoms with E-state index in [2.05, 4.69) is 52.0 Å². The summed E-state index contributed by atoms with van der Waals surface area (Å²) in [6.07, 6.45) is 9.70. The van der Waals surface area contributed by atoms with Gasteiger partial charge in [0.15, 0.2) is 0 Å². The van der Waals surface area contributed by atoms with Gasteiger partial charge in [-0.2, -0.15) is 0 Å². The lowest BCUT2D eigenvalue weighted by Gasteiger charge is -2.09. The topological polar surface area (TPSA) is 0 Å². The van der Waals surface area contributed by atoms with Gasteiger partial charge in [0, 0.05) is 0 Å². The summed E-state index contributed by atoms with van der Waals surface area (Å²) < 4.78 is 0. The zero-order valence-electron chi connectivity index (χ0n) is 7.52. The standard InChI is InChI=1S/C10H18/c1-5-6-7-8-9-10(2,3)4/h6-9H,5H2,1-4H3/b7-6+,9-8+. The average Bonchev–Trinajstić information content (AvgIpc) is 1.78. The van der Waals surface area contributed by atoms with E-state index in [1.807, 2.05) is 0 Å². The fourth-order valence-corrected chi connectivity index (χ4v) is 0.559. The van der Waals surface area contributed by atoms with Crippen LogP contribution in [0.2, 0.25) is 0 Å². The molecule has 0 heteroatoms. The highest BCUT2D eigenvalue weighted by Crippen LogP contribution is 2.14. The number of rotatable bonds is 2. The Bertz CT molecular complexity index is 121. The SMILES string of the molecule is CC/C=C/C=C/C(C)(C)C. The van der Waals surface area contributed by atoms with Crippen LogP contribution in [0.15, 0.2) is 24.3 Å². The lowest BCUT2D eigenvalue weighted by Crippen LogP contribution is -1.97. The van der Waals surface area contributed by atoms with Crippen molar-refractivity contribution in [3.63, 3.8) is 0 Å². The Balaban J connectivity index is 3.66. The Morgan fingerprint density at radius 1 is 1.10 bits per heavy atom. The minimum absolute atomic E-state index is 0.318. The number of allylic oxidation sites excluding steroid dienone is 4. The second kappa shape index (κ2) is 4.32. The Morgan fingerprint density at radius 3 is 2.10 bits per heavy atom. The molecule has 0 fully saturated rings. The molecule has 0 aromatic rings. The lowest BCUT2D eigenvalue weighted by atomic mass is 9.96. The smallest absolute Gasteiger partial charge is 0.0200 e. The molecule has 0 bridgehead atoms. The molecule has 0 unspecified atom stereocenters. The molecule has 0 amide bonds. The van der Waals surface area contributed by atoms with Crippen LogP contribution in [0.3, 0.4) is 0 Å². The maximum absolute atomic E-state index is 2.21. The van der Waals surface area contributed by atoms with Gasteiger partial charge in [0.2, 0.25) is 0 Å². The largest absolute Gasteiger partial charge is 0.0848 e. The maximum Gasteiger partial charge on any atom is -0.0200 e. The third-order valence-corrected chi connectivity index (χ3v) is 1.08. The molecule has 0 radical (unpaired) electrons. The third-order valence-electron chi connectivity index (χ3n) is 1.08. The molecule has 0 saturated carbocycles. The Hall–Kier alpha value is -0.520. The first-order valence-electron chi connectivity index (χ1n) is 3.90. The van der Waals surface area contributed by atoms with Crippen LogP contribution in [0.25, 0.3) is 0 Å². The molecule has 10 heavy (non-hydrogen) atoms. The van der Waals surface area contributed by atoms with Crippen LogP contribution in [0, 0.1) is 5.41 Å².